The van der Waals surface area contributed by atoms with E-state index in [1.165, 1.54) is 29.5 Å². The standard InChI is InChI=1S/C13H16FN3O2S2/c1-15-9-10-8-11(2-3-12(10)14)21(18,19)17-5-4-13-16-6-7-20-13/h2-3,6-8,15,17H,4-5,9H2,1H3. The van der Waals surface area contributed by atoms with E-state index in [0.717, 1.165) is 5.01 Å². The Labute approximate surface area is 127 Å². The van der Waals surface area contributed by atoms with E-state index in [0.29, 0.717) is 12.0 Å². The van der Waals surface area contributed by atoms with Crippen molar-refractivity contribution in [3.8, 4) is 0 Å². The number of thiazole rings is 1. The zero-order valence-electron chi connectivity index (χ0n) is 11.5. The summed E-state index contributed by atoms with van der Waals surface area (Å²) in [6, 6.07) is 3.78. The van der Waals surface area contributed by atoms with Gasteiger partial charge in [0, 0.05) is 36.7 Å². The third-order valence-corrected chi connectivity index (χ3v) is 5.11. The third kappa shape index (κ3) is 4.31. The van der Waals surface area contributed by atoms with E-state index in [-0.39, 0.29) is 18.0 Å². The van der Waals surface area contributed by atoms with Crippen LogP contribution in [0.4, 0.5) is 4.39 Å². The lowest BCUT2D eigenvalue weighted by Gasteiger charge is -2.08. The Morgan fingerprint density at radius 3 is 2.86 bits per heavy atom. The van der Waals surface area contributed by atoms with E-state index in [1.54, 1.807) is 13.2 Å². The van der Waals surface area contributed by atoms with Crippen molar-refractivity contribution in [2.24, 2.45) is 0 Å². The Morgan fingerprint density at radius 2 is 2.19 bits per heavy atom. The topological polar surface area (TPSA) is 71.1 Å². The van der Waals surface area contributed by atoms with Gasteiger partial charge in [0.2, 0.25) is 10.0 Å². The molecule has 0 saturated heterocycles. The van der Waals surface area contributed by atoms with Gasteiger partial charge in [-0.15, -0.1) is 11.3 Å². The fourth-order valence-electron chi connectivity index (χ4n) is 1.80. The van der Waals surface area contributed by atoms with Crippen molar-refractivity contribution in [3.05, 3.63) is 46.2 Å². The average Bonchev–Trinajstić information content (AvgIpc) is 2.94. The van der Waals surface area contributed by atoms with E-state index in [4.69, 9.17) is 0 Å². The summed E-state index contributed by atoms with van der Waals surface area (Å²) in [4.78, 5) is 4.15. The summed E-state index contributed by atoms with van der Waals surface area (Å²) < 4.78 is 40.3. The Hall–Kier alpha value is -1.35. The van der Waals surface area contributed by atoms with E-state index < -0.39 is 15.8 Å². The van der Waals surface area contributed by atoms with Gasteiger partial charge in [0.1, 0.15) is 5.82 Å². The summed E-state index contributed by atoms with van der Waals surface area (Å²) in [5.41, 5.74) is 0.320. The summed E-state index contributed by atoms with van der Waals surface area (Å²) in [6.07, 6.45) is 2.21. The van der Waals surface area contributed by atoms with Gasteiger partial charge in [-0.1, -0.05) is 0 Å². The number of hydrogen-bond donors (Lipinski definition) is 2. The molecule has 8 heteroatoms. The molecule has 1 heterocycles. The lowest BCUT2D eigenvalue weighted by atomic mass is 10.2. The molecule has 0 unspecified atom stereocenters. The Bertz CT molecular complexity index is 687. The van der Waals surface area contributed by atoms with Gasteiger partial charge >= 0.3 is 0 Å². The number of nitrogens with zero attached hydrogens (tertiary/aromatic N) is 1. The summed E-state index contributed by atoms with van der Waals surface area (Å²) in [5.74, 6) is -0.425. The van der Waals surface area contributed by atoms with Crippen molar-refractivity contribution in [1.82, 2.24) is 15.0 Å². The predicted octanol–water partition coefficient (Wildman–Crippen LogP) is 1.52. The predicted molar refractivity (Wildman–Crippen MR) is 80.2 cm³/mol. The summed E-state index contributed by atoms with van der Waals surface area (Å²) >= 11 is 1.48. The van der Waals surface area contributed by atoms with Crippen LogP contribution in [0.2, 0.25) is 0 Å². The van der Waals surface area contributed by atoms with Gasteiger partial charge < -0.3 is 5.32 Å². The summed E-state index contributed by atoms with van der Waals surface area (Å²) in [7, 11) is -1.97. The highest BCUT2D eigenvalue weighted by Crippen LogP contribution is 2.15. The molecule has 1 aromatic heterocycles. The van der Waals surface area contributed by atoms with Crippen molar-refractivity contribution in [1.29, 1.82) is 0 Å². The molecular weight excluding hydrogens is 313 g/mol. The number of aromatic nitrogens is 1. The first kappa shape index (κ1) is 16.0. The fraction of sp³-hybridized carbons (Fsp3) is 0.308. The molecule has 0 radical (unpaired) electrons. The molecule has 0 amide bonds. The minimum absolute atomic E-state index is 0.0632. The van der Waals surface area contributed by atoms with Crippen molar-refractivity contribution in [2.75, 3.05) is 13.6 Å². The highest BCUT2D eigenvalue weighted by Gasteiger charge is 2.15. The van der Waals surface area contributed by atoms with Crippen LogP contribution in [0.1, 0.15) is 10.6 Å². The summed E-state index contributed by atoms with van der Waals surface area (Å²) in [6.45, 7) is 0.531. The van der Waals surface area contributed by atoms with Gasteiger partial charge in [0.15, 0.2) is 0 Å². The molecule has 0 spiro atoms. The second kappa shape index (κ2) is 7.08. The molecule has 0 saturated carbocycles. The minimum atomic E-state index is -3.64. The van der Waals surface area contributed by atoms with Crippen molar-refractivity contribution >= 4 is 21.4 Å². The molecule has 0 aliphatic rings. The number of halogens is 1. The van der Waals surface area contributed by atoms with Crippen LogP contribution in [0, 0.1) is 5.82 Å². The quantitative estimate of drug-likeness (QED) is 0.808. The monoisotopic (exact) mass is 329 g/mol. The zero-order valence-corrected chi connectivity index (χ0v) is 13.1. The highest BCUT2D eigenvalue weighted by atomic mass is 32.2. The maximum absolute atomic E-state index is 13.5. The van der Waals surface area contributed by atoms with Gasteiger partial charge in [0.05, 0.1) is 9.90 Å². The smallest absolute Gasteiger partial charge is 0.240 e. The largest absolute Gasteiger partial charge is 0.316 e. The Kier molecular flexibility index (Phi) is 5.40. The second-order valence-electron chi connectivity index (χ2n) is 4.36. The number of rotatable bonds is 7. The summed E-state index contributed by atoms with van der Waals surface area (Å²) in [5, 5.41) is 5.51. The van der Waals surface area contributed by atoms with Crippen LogP contribution in [-0.4, -0.2) is 27.0 Å². The first-order valence-electron chi connectivity index (χ1n) is 6.34. The van der Waals surface area contributed by atoms with Crippen LogP contribution >= 0.6 is 11.3 Å². The van der Waals surface area contributed by atoms with E-state index in [2.05, 4.69) is 15.0 Å². The first-order chi connectivity index (χ1) is 10.0. The van der Waals surface area contributed by atoms with Crippen LogP contribution in [0.15, 0.2) is 34.7 Å². The molecule has 2 aromatic rings. The molecule has 21 heavy (non-hydrogen) atoms. The van der Waals surface area contributed by atoms with Gasteiger partial charge in [-0.2, -0.15) is 0 Å². The normalized spacial score (nSPS) is 11.7. The molecule has 0 atom stereocenters. The molecule has 0 aliphatic carbocycles. The van der Waals surface area contributed by atoms with Gasteiger partial charge in [0.25, 0.3) is 0 Å². The van der Waals surface area contributed by atoms with Crippen molar-refractivity contribution < 1.29 is 12.8 Å². The fourth-order valence-corrected chi connectivity index (χ4v) is 3.50. The number of sulfonamides is 1. The molecule has 0 bridgehead atoms. The second-order valence-corrected chi connectivity index (χ2v) is 7.10. The highest BCUT2D eigenvalue weighted by molar-refractivity contribution is 7.89. The molecular formula is C13H16FN3O2S2. The lowest BCUT2D eigenvalue weighted by Crippen LogP contribution is -2.26. The molecule has 2 N–H and O–H groups in total. The molecule has 114 valence electrons. The van der Waals surface area contributed by atoms with E-state index in [1.807, 2.05) is 5.38 Å². The maximum atomic E-state index is 13.5. The van der Waals surface area contributed by atoms with E-state index in [9.17, 15) is 12.8 Å². The van der Waals surface area contributed by atoms with Gasteiger partial charge in [-0.25, -0.2) is 22.5 Å². The molecule has 0 aliphatic heterocycles. The maximum Gasteiger partial charge on any atom is 0.240 e. The number of nitrogens with one attached hydrogen (secondary N) is 2. The number of hydrogen-bond acceptors (Lipinski definition) is 5. The average molecular weight is 329 g/mol. The first-order valence-corrected chi connectivity index (χ1v) is 8.70. The third-order valence-electron chi connectivity index (χ3n) is 2.81. The SMILES string of the molecule is CNCc1cc(S(=O)(=O)NCCc2nccs2)ccc1F. The van der Waals surface area contributed by atoms with Gasteiger partial charge in [-0.05, 0) is 25.2 Å². The van der Waals surface area contributed by atoms with Crippen LogP contribution in [0.5, 0.6) is 0 Å². The van der Waals surface area contributed by atoms with Crippen molar-refractivity contribution in [3.63, 3.8) is 0 Å². The molecule has 1 aromatic carbocycles. The molecule has 0 fully saturated rings. The number of benzene rings is 1. The van der Waals surface area contributed by atoms with Crippen LogP contribution in [0.25, 0.3) is 0 Å². The molecule has 5 nitrogen and oxygen atoms in total. The van der Waals surface area contributed by atoms with Crippen molar-refractivity contribution in [2.45, 2.75) is 17.9 Å². The van der Waals surface area contributed by atoms with Crippen LogP contribution in [0.3, 0.4) is 0 Å². The van der Waals surface area contributed by atoms with E-state index >= 15 is 0 Å². The Morgan fingerprint density at radius 1 is 1.38 bits per heavy atom. The van der Waals surface area contributed by atoms with Crippen LogP contribution in [-0.2, 0) is 23.0 Å². The molecule has 2 rings (SSSR count). The zero-order chi connectivity index (χ0) is 15.3. The Balaban J connectivity index is 2.06. The van der Waals surface area contributed by atoms with Crippen LogP contribution < -0.4 is 10.0 Å². The lowest BCUT2D eigenvalue weighted by molar-refractivity contribution is 0.578. The minimum Gasteiger partial charge on any atom is -0.316 e. The van der Waals surface area contributed by atoms with Gasteiger partial charge in [-0.3, -0.25) is 0 Å².